The highest BCUT2D eigenvalue weighted by Gasteiger charge is 2.27. The third kappa shape index (κ3) is 3.94. The highest BCUT2D eigenvalue weighted by Crippen LogP contribution is 2.21. The molecule has 0 aromatic heterocycles. The zero-order valence-corrected chi connectivity index (χ0v) is 12.5. The molecule has 18 heavy (non-hydrogen) atoms. The van der Waals surface area contributed by atoms with E-state index >= 15 is 0 Å². The Morgan fingerprint density at radius 1 is 1.17 bits per heavy atom. The standard InChI is InChI=1S/C15H31N3/c1-4-16-15-7-9-18(10-13(15)2)12-14-6-5-8-17(3)11-14/h13-16H,4-12H2,1-3H3. The number of likely N-dealkylation sites (tertiary alicyclic amines) is 2. The van der Waals surface area contributed by atoms with Crippen molar-refractivity contribution < 1.29 is 0 Å². The highest BCUT2D eigenvalue weighted by atomic mass is 15.2. The maximum atomic E-state index is 3.63. The van der Waals surface area contributed by atoms with Gasteiger partial charge in [-0.1, -0.05) is 13.8 Å². The predicted molar refractivity (Wildman–Crippen MR) is 77.9 cm³/mol. The van der Waals surface area contributed by atoms with Crippen LogP contribution in [0.25, 0.3) is 0 Å². The molecule has 0 amide bonds. The molecule has 0 radical (unpaired) electrons. The second-order valence-electron chi connectivity index (χ2n) is 6.46. The average molecular weight is 253 g/mol. The molecule has 3 heteroatoms. The second-order valence-corrected chi connectivity index (χ2v) is 6.46. The third-order valence-corrected chi connectivity index (χ3v) is 4.69. The maximum absolute atomic E-state index is 3.63. The Hall–Kier alpha value is -0.120. The molecule has 106 valence electrons. The predicted octanol–water partition coefficient (Wildman–Crippen LogP) is 1.65. The van der Waals surface area contributed by atoms with Crippen molar-refractivity contribution in [3.63, 3.8) is 0 Å². The van der Waals surface area contributed by atoms with Crippen LogP contribution >= 0.6 is 0 Å². The third-order valence-electron chi connectivity index (χ3n) is 4.69. The summed E-state index contributed by atoms with van der Waals surface area (Å²) >= 11 is 0. The van der Waals surface area contributed by atoms with Crippen LogP contribution in [0.4, 0.5) is 0 Å². The highest BCUT2D eigenvalue weighted by molar-refractivity contribution is 4.84. The molecule has 0 saturated carbocycles. The van der Waals surface area contributed by atoms with E-state index in [0.29, 0.717) is 0 Å². The first-order chi connectivity index (χ1) is 8.69. The number of nitrogens with one attached hydrogen (secondary N) is 1. The summed E-state index contributed by atoms with van der Waals surface area (Å²) in [7, 11) is 2.27. The van der Waals surface area contributed by atoms with Gasteiger partial charge in [-0.3, -0.25) is 0 Å². The van der Waals surface area contributed by atoms with Gasteiger partial charge in [-0.15, -0.1) is 0 Å². The summed E-state index contributed by atoms with van der Waals surface area (Å²) in [5.41, 5.74) is 0. The Morgan fingerprint density at radius 2 is 2.00 bits per heavy atom. The molecular weight excluding hydrogens is 222 g/mol. The molecule has 0 aliphatic carbocycles. The quantitative estimate of drug-likeness (QED) is 0.822. The van der Waals surface area contributed by atoms with Gasteiger partial charge in [0.1, 0.15) is 0 Å². The lowest BCUT2D eigenvalue weighted by atomic mass is 9.91. The van der Waals surface area contributed by atoms with Crippen LogP contribution in [0.15, 0.2) is 0 Å². The van der Waals surface area contributed by atoms with Gasteiger partial charge in [0.05, 0.1) is 0 Å². The van der Waals surface area contributed by atoms with Crippen molar-refractivity contribution in [2.75, 3.05) is 46.3 Å². The van der Waals surface area contributed by atoms with Crippen LogP contribution in [0.2, 0.25) is 0 Å². The molecule has 0 bridgehead atoms. The summed E-state index contributed by atoms with van der Waals surface area (Å²) in [4.78, 5) is 5.21. The van der Waals surface area contributed by atoms with Gasteiger partial charge in [0.15, 0.2) is 0 Å². The summed E-state index contributed by atoms with van der Waals surface area (Å²) in [5.74, 6) is 1.71. The van der Waals surface area contributed by atoms with Crippen LogP contribution in [0.3, 0.4) is 0 Å². The first kappa shape index (κ1) is 14.3. The molecular formula is C15H31N3. The van der Waals surface area contributed by atoms with Gasteiger partial charge in [-0.2, -0.15) is 0 Å². The lowest BCUT2D eigenvalue weighted by Gasteiger charge is -2.40. The molecule has 2 heterocycles. The molecule has 0 aromatic rings. The number of hydrogen-bond donors (Lipinski definition) is 1. The number of rotatable bonds is 4. The number of hydrogen-bond acceptors (Lipinski definition) is 3. The molecule has 1 N–H and O–H groups in total. The van der Waals surface area contributed by atoms with Crippen molar-refractivity contribution >= 4 is 0 Å². The first-order valence-electron chi connectivity index (χ1n) is 7.83. The fourth-order valence-corrected chi connectivity index (χ4v) is 3.75. The minimum Gasteiger partial charge on any atom is -0.314 e. The molecule has 0 spiro atoms. The van der Waals surface area contributed by atoms with Crippen LogP contribution in [0.1, 0.15) is 33.1 Å². The van der Waals surface area contributed by atoms with Crippen molar-refractivity contribution in [2.45, 2.75) is 39.2 Å². The number of piperidine rings is 2. The van der Waals surface area contributed by atoms with Gasteiger partial charge in [0, 0.05) is 25.7 Å². The summed E-state index contributed by atoms with van der Waals surface area (Å²) < 4.78 is 0. The largest absolute Gasteiger partial charge is 0.314 e. The van der Waals surface area contributed by atoms with Gasteiger partial charge in [0.2, 0.25) is 0 Å². The molecule has 3 unspecified atom stereocenters. The Bertz CT molecular complexity index is 244. The van der Waals surface area contributed by atoms with E-state index in [0.717, 1.165) is 24.4 Å². The fourth-order valence-electron chi connectivity index (χ4n) is 3.75. The van der Waals surface area contributed by atoms with Crippen molar-refractivity contribution in [1.82, 2.24) is 15.1 Å². The van der Waals surface area contributed by atoms with Gasteiger partial charge in [0.25, 0.3) is 0 Å². The molecule has 3 atom stereocenters. The van der Waals surface area contributed by atoms with Crippen LogP contribution in [-0.4, -0.2) is 62.2 Å². The lowest BCUT2D eigenvalue weighted by molar-refractivity contribution is 0.102. The van der Waals surface area contributed by atoms with Crippen molar-refractivity contribution in [2.24, 2.45) is 11.8 Å². The topological polar surface area (TPSA) is 18.5 Å². The van der Waals surface area contributed by atoms with Gasteiger partial charge in [-0.05, 0) is 57.8 Å². The van der Waals surface area contributed by atoms with E-state index < -0.39 is 0 Å². The van der Waals surface area contributed by atoms with Crippen molar-refractivity contribution in [3.05, 3.63) is 0 Å². The SMILES string of the molecule is CCNC1CCN(CC2CCCN(C)C2)CC1C. The van der Waals surface area contributed by atoms with E-state index in [1.54, 1.807) is 0 Å². The fraction of sp³-hybridized carbons (Fsp3) is 1.00. The summed E-state index contributed by atoms with van der Waals surface area (Å²) in [6.45, 7) is 12.3. The van der Waals surface area contributed by atoms with Gasteiger partial charge < -0.3 is 15.1 Å². The van der Waals surface area contributed by atoms with Crippen LogP contribution < -0.4 is 5.32 Å². The van der Waals surface area contributed by atoms with Crippen molar-refractivity contribution in [1.29, 1.82) is 0 Å². The van der Waals surface area contributed by atoms with E-state index in [9.17, 15) is 0 Å². The second kappa shape index (κ2) is 6.88. The minimum absolute atomic E-state index is 0.750. The van der Waals surface area contributed by atoms with E-state index in [1.165, 1.54) is 52.0 Å². The zero-order valence-electron chi connectivity index (χ0n) is 12.5. The molecule has 2 rings (SSSR count). The lowest BCUT2D eigenvalue weighted by Crippen LogP contribution is -2.50. The Balaban J connectivity index is 1.74. The molecule has 3 nitrogen and oxygen atoms in total. The summed E-state index contributed by atoms with van der Waals surface area (Å²) in [6, 6.07) is 0.750. The van der Waals surface area contributed by atoms with Crippen LogP contribution in [-0.2, 0) is 0 Å². The summed E-state index contributed by atoms with van der Waals surface area (Å²) in [6.07, 6.45) is 4.16. The first-order valence-corrected chi connectivity index (χ1v) is 7.83. The van der Waals surface area contributed by atoms with Gasteiger partial charge >= 0.3 is 0 Å². The zero-order chi connectivity index (χ0) is 13.0. The van der Waals surface area contributed by atoms with E-state index in [2.05, 4.69) is 36.0 Å². The van der Waals surface area contributed by atoms with E-state index in [-0.39, 0.29) is 0 Å². The van der Waals surface area contributed by atoms with Gasteiger partial charge in [-0.25, -0.2) is 0 Å². The molecule has 2 aliphatic rings. The van der Waals surface area contributed by atoms with Crippen LogP contribution in [0, 0.1) is 11.8 Å². The maximum Gasteiger partial charge on any atom is 0.0117 e. The smallest absolute Gasteiger partial charge is 0.0117 e. The Kier molecular flexibility index (Phi) is 5.46. The van der Waals surface area contributed by atoms with E-state index in [1.807, 2.05) is 0 Å². The van der Waals surface area contributed by atoms with E-state index in [4.69, 9.17) is 0 Å². The number of nitrogens with zero attached hydrogens (tertiary/aromatic N) is 2. The average Bonchev–Trinajstić information content (AvgIpc) is 2.33. The normalized spacial score (nSPS) is 35.8. The Morgan fingerprint density at radius 3 is 2.67 bits per heavy atom. The van der Waals surface area contributed by atoms with Crippen LogP contribution in [0.5, 0.6) is 0 Å². The molecule has 2 saturated heterocycles. The Labute approximate surface area is 113 Å². The summed E-state index contributed by atoms with van der Waals surface area (Å²) in [5, 5.41) is 3.63. The minimum atomic E-state index is 0.750. The molecule has 0 aromatic carbocycles. The monoisotopic (exact) mass is 253 g/mol. The molecule has 2 fully saturated rings. The molecule has 2 aliphatic heterocycles. The van der Waals surface area contributed by atoms with Crippen molar-refractivity contribution in [3.8, 4) is 0 Å².